The van der Waals surface area contributed by atoms with Gasteiger partial charge in [-0.15, -0.1) is 0 Å². The van der Waals surface area contributed by atoms with E-state index in [1.165, 1.54) is 30.3 Å². The van der Waals surface area contributed by atoms with Gasteiger partial charge in [0.1, 0.15) is 11.6 Å². The van der Waals surface area contributed by atoms with Gasteiger partial charge in [-0.2, -0.15) is 8.78 Å². The van der Waals surface area contributed by atoms with Crippen LogP contribution in [0.3, 0.4) is 0 Å². The summed E-state index contributed by atoms with van der Waals surface area (Å²) in [5, 5.41) is 2.49. The van der Waals surface area contributed by atoms with Crippen molar-refractivity contribution in [2.45, 2.75) is 6.61 Å². The molecule has 0 heterocycles. The van der Waals surface area contributed by atoms with Gasteiger partial charge in [0.05, 0.1) is 0 Å². The highest BCUT2D eigenvalue weighted by molar-refractivity contribution is 6.04. The van der Waals surface area contributed by atoms with Crippen molar-refractivity contribution >= 4 is 17.3 Å². The Hall–Kier alpha value is -2.70. The lowest BCUT2D eigenvalue weighted by Gasteiger charge is -2.08. The highest BCUT2D eigenvalue weighted by atomic mass is 19.3. The van der Waals surface area contributed by atoms with Crippen molar-refractivity contribution in [2.24, 2.45) is 0 Å². The van der Waals surface area contributed by atoms with Gasteiger partial charge in [0, 0.05) is 16.9 Å². The van der Waals surface area contributed by atoms with Crippen molar-refractivity contribution in [3.05, 3.63) is 53.8 Å². The molecule has 2 aromatic rings. The third-order valence-corrected chi connectivity index (χ3v) is 2.52. The van der Waals surface area contributed by atoms with Crippen molar-refractivity contribution in [1.82, 2.24) is 0 Å². The van der Waals surface area contributed by atoms with Crippen molar-refractivity contribution < 1.29 is 22.7 Å². The monoisotopic (exact) mass is 296 g/mol. The number of carbonyl (C=O) groups excluding carboxylic acids is 1. The van der Waals surface area contributed by atoms with E-state index in [9.17, 15) is 18.0 Å². The van der Waals surface area contributed by atoms with Gasteiger partial charge in [-0.3, -0.25) is 4.79 Å². The van der Waals surface area contributed by atoms with Crippen molar-refractivity contribution in [1.29, 1.82) is 0 Å². The van der Waals surface area contributed by atoms with Crippen LogP contribution >= 0.6 is 0 Å². The number of hydrogen-bond acceptors (Lipinski definition) is 3. The summed E-state index contributed by atoms with van der Waals surface area (Å²) in [4.78, 5) is 11.9. The molecule has 4 nitrogen and oxygen atoms in total. The highest BCUT2D eigenvalue weighted by Crippen LogP contribution is 2.19. The minimum atomic E-state index is -2.92. The minimum absolute atomic E-state index is 0.0296. The van der Waals surface area contributed by atoms with E-state index >= 15 is 0 Å². The van der Waals surface area contributed by atoms with Crippen LogP contribution in [-0.4, -0.2) is 12.5 Å². The van der Waals surface area contributed by atoms with E-state index in [1.807, 2.05) is 0 Å². The second kappa shape index (κ2) is 6.17. The van der Waals surface area contributed by atoms with E-state index in [-0.39, 0.29) is 17.0 Å². The Morgan fingerprint density at radius 3 is 2.38 bits per heavy atom. The Balaban J connectivity index is 2.08. The summed E-state index contributed by atoms with van der Waals surface area (Å²) in [5.41, 5.74) is 5.98. The maximum absolute atomic E-state index is 13.2. The zero-order valence-electron chi connectivity index (χ0n) is 10.6. The van der Waals surface area contributed by atoms with Gasteiger partial charge in [-0.25, -0.2) is 4.39 Å². The first-order chi connectivity index (χ1) is 9.94. The molecule has 0 aromatic heterocycles. The van der Waals surface area contributed by atoms with Gasteiger partial charge in [0.2, 0.25) is 0 Å². The standard InChI is InChI=1S/C14H11F3N2O2/c15-9-5-8(6-10(18)7-9)13(20)19-11-1-3-12(4-2-11)21-14(16)17/h1-7,14H,18H2,(H,19,20). The first kappa shape index (κ1) is 14.7. The van der Waals surface area contributed by atoms with Gasteiger partial charge in [0.15, 0.2) is 0 Å². The molecule has 0 spiro atoms. The number of hydrogen-bond donors (Lipinski definition) is 2. The molecule has 2 aromatic carbocycles. The van der Waals surface area contributed by atoms with Crippen LogP contribution in [-0.2, 0) is 0 Å². The number of halogens is 3. The zero-order valence-corrected chi connectivity index (χ0v) is 10.6. The van der Waals surface area contributed by atoms with Crippen LogP contribution < -0.4 is 15.8 Å². The fraction of sp³-hybridized carbons (Fsp3) is 0.0714. The summed E-state index contributed by atoms with van der Waals surface area (Å²) in [6.45, 7) is -2.92. The van der Waals surface area contributed by atoms with Crippen LogP contribution in [0.2, 0.25) is 0 Å². The molecule has 0 unspecified atom stereocenters. The SMILES string of the molecule is Nc1cc(F)cc(C(=O)Nc2ccc(OC(F)F)cc2)c1. The summed E-state index contributed by atoms with van der Waals surface area (Å²) in [5.74, 6) is -1.22. The first-order valence-electron chi connectivity index (χ1n) is 5.86. The number of alkyl halides is 2. The number of carbonyl (C=O) groups is 1. The lowest BCUT2D eigenvalue weighted by Crippen LogP contribution is -2.12. The Labute approximate surface area is 118 Å². The molecule has 1 amide bonds. The molecule has 2 rings (SSSR count). The Kier molecular flexibility index (Phi) is 4.32. The second-order valence-electron chi connectivity index (χ2n) is 4.13. The van der Waals surface area contributed by atoms with Crippen LogP contribution in [0.1, 0.15) is 10.4 Å². The van der Waals surface area contributed by atoms with Gasteiger partial charge < -0.3 is 15.8 Å². The lowest BCUT2D eigenvalue weighted by molar-refractivity contribution is -0.0498. The number of nitrogens with two attached hydrogens (primary N) is 1. The molecule has 0 bridgehead atoms. The number of nitrogen functional groups attached to an aromatic ring is 1. The molecule has 110 valence electrons. The molecule has 21 heavy (non-hydrogen) atoms. The summed E-state index contributed by atoms with van der Waals surface area (Å²) in [7, 11) is 0. The van der Waals surface area contributed by atoms with E-state index in [0.29, 0.717) is 5.69 Å². The summed E-state index contributed by atoms with van der Waals surface area (Å²) in [6.07, 6.45) is 0. The number of nitrogens with one attached hydrogen (secondary N) is 1. The van der Waals surface area contributed by atoms with E-state index in [0.717, 1.165) is 12.1 Å². The van der Waals surface area contributed by atoms with E-state index < -0.39 is 18.3 Å². The fourth-order valence-corrected chi connectivity index (χ4v) is 1.67. The number of ether oxygens (including phenoxy) is 1. The maximum atomic E-state index is 13.2. The van der Waals surface area contributed by atoms with Crippen LogP contribution in [0.15, 0.2) is 42.5 Å². The molecular formula is C14H11F3N2O2. The summed E-state index contributed by atoms with van der Waals surface area (Å²) >= 11 is 0. The fourth-order valence-electron chi connectivity index (χ4n) is 1.67. The molecule has 7 heteroatoms. The first-order valence-corrected chi connectivity index (χ1v) is 5.86. The van der Waals surface area contributed by atoms with Crippen LogP contribution in [0, 0.1) is 5.82 Å². The molecule has 0 aliphatic carbocycles. The predicted octanol–water partition coefficient (Wildman–Crippen LogP) is 3.26. The largest absolute Gasteiger partial charge is 0.435 e. The second-order valence-corrected chi connectivity index (χ2v) is 4.13. The number of anilines is 2. The molecule has 3 N–H and O–H groups in total. The molecule has 0 atom stereocenters. The number of rotatable bonds is 4. The van der Waals surface area contributed by atoms with Crippen LogP contribution in [0.5, 0.6) is 5.75 Å². The molecule has 0 fully saturated rings. The Bertz CT molecular complexity index is 625. The third-order valence-electron chi connectivity index (χ3n) is 2.52. The molecule has 0 radical (unpaired) electrons. The molecule has 0 aliphatic rings. The summed E-state index contributed by atoms with van der Waals surface area (Å²) < 4.78 is 41.3. The number of amides is 1. The zero-order chi connectivity index (χ0) is 15.4. The lowest BCUT2D eigenvalue weighted by atomic mass is 10.1. The minimum Gasteiger partial charge on any atom is -0.435 e. The molecule has 0 aliphatic heterocycles. The molecule has 0 saturated heterocycles. The van der Waals surface area contributed by atoms with Gasteiger partial charge in [-0.05, 0) is 42.5 Å². The smallest absolute Gasteiger partial charge is 0.387 e. The van der Waals surface area contributed by atoms with Crippen molar-refractivity contribution in [3.63, 3.8) is 0 Å². The topological polar surface area (TPSA) is 64.4 Å². The summed E-state index contributed by atoms with van der Waals surface area (Å²) in [6, 6.07) is 8.79. The maximum Gasteiger partial charge on any atom is 0.387 e. The Morgan fingerprint density at radius 1 is 1.14 bits per heavy atom. The molecule has 0 saturated carbocycles. The third kappa shape index (κ3) is 4.13. The Morgan fingerprint density at radius 2 is 1.81 bits per heavy atom. The van der Waals surface area contributed by atoms with Crippen LogP contribution in [0.4, 0.5) is 24.5 Å². The van der Waals surface area contributed by atoms with E-state index in [4.69, 9.17) is 5.73 Å². The average Bonchev–Trinajstić information content (AvgIpc) is 2.39. The van der Waals surface area contributed by atoms with E-state index in [1.54, 1.807) is 0 Å². The van der Waals surface area contributed by atoms with E-state index in [2.05, 4.69) is 10.1 Å². The van der Waals surface area contributed by atoms with Crippen molar-refractivity contribution in [3.8, 4) is 5.75 Å². The normalized spacial score (nSPS) is 10.5. The highest BCUT2D eigenvalue weighted by Gasteiger charge is 2.09. The quantitative estimate of drug-likeness (QED) is 0.851. The van der Waals surface area contributed by atoms with Gasteiger partial charge in [0.25, 0.3) is 5.91 Å². The van der Waals surface area contributed by atoms with Crippen molar-refractivity contribution in [2.75, 3.05) is 11.1 Å². The predicted molar refractivity (Wildman–Crippen MR) is 71.8 cm³/mol. The van der Waals surface area contributed by atoms with Crippen LogP contribution in [0.25, 0.3) is 0 Å². The van der Waals surface area contributed by atoms with Gasteiger partial charge in [-0.1, -0.05) is 0 Å². The average molecular weight is 296 g/mol. The van der Waals surface area contributed by atoms with Gasteiger partial charge >= 0.3 is 6.61 Å². The molecular weight excluding hydrogens is 285 g/mol. The number of benzene rings is 2.